The Labute approximate surface area is 162 Å². The van der Waals surface area contributed by atoms with Crippen molar-refractivity contribution in [2.24, 2.45) is 0 Å². The van der Waals surface area contributed by atoms with E-state index in [0.717, 1.165) is 11.3 Å². The molecule has 6 nitrogen and oxygen atoms in total. The molecule has 1 fully saturated rings. The van der Waals surface area contributed by atoms with Crippen LogP contribution in [0.5, 0.6) is 5.75 Å². The van der Waals surface area contributed by atoms with Crippen molar-refractivity contribution >= 4 is 46.2 Å². The molecule has 140 valence electrons. The van der Waals surface area contributed by atoms with Crippen LogP contribution in [0.1, 0.15) is 19.4 Å². The summed E-state index contributed by atoms with van der Waals surface area (Å²) in [6, 6.07) is 7.41. The summed E-state index contributed by atoms with van der Waals surface area (Å²) in [6.45, 7) is 4.82. The van der Waals surface area contributed by atoms with Gasteiger partial charge in [0.05, 0.1) is 18.1 Å². The van der Waals surface area contributed by atoms with Crippen LogP contribution in [0.25, 0.3) is 6.08 Å². The first kappa shape index (κ1) is 20.4. The van der Waals surface area contributed by atoms with Crippen LogP contribution in [0.2, 0.25) is 0 Å². The molecule has 1 aliphatic rings. The van der Waals surface area contributed by atoms with Gasteiger partial charge < -0.3 is 14.7 Å². The first-order valence-electron chi connectivity index (χ1n) is 8.37. The number of nitrogens with zero attached hydrogens (tertiary/aromatic N) is 2. The predicted molar refractivity (Wildman–Crippen MR) is 107 cm³/mol. The number of benzene rings is 1. The number of rotatable bonds is 8. The van der Waals surface area contributed by atoms with E-state index < -0.39 is 0 Å². The maximum absolute atomic E-state index is 12.6. The van der Waals surface area contributed by atoms with Gasteiger partial charge in [0.1, 0.15) is 16.6 Å². The van der Waals surface area contributed by atoms with Crippen LogP contribution in [0.4, 0.5) is 0 Å². The smallest absolute Gasteiger partial charge is 0.266 e. The summed E-state index contributed by atoms with van der Waals surface area (Å²) < 4.78 is 5.76. The Morgan fingerprint density at radius 2 is 2.04 bits per heavy atom. The van der Waals surface area contributed by atoms with Gasteiger partial charge in [-0.2, -0.15) is 0 Å². The van der Waals surface area contributed by atoms with E-state index in [1.54, 1.807) is 6.08 Å². The van der Waals surface area contributed by atoms with Crippen LogP contribution in [0.3, 0.4) is 0 Å². The summed E-state index contributed by atoms with van der Waals surface area (Å²) in [5, 5.41) is 9.02. The third-order valence-corrected chi connectivity index (χ3v) is 5.14. The standard InChI is InChI=1S/C18H22N2O4S2/c1-3-19(9-10-21)16(22)12-20-17(23)15(26-18(20)25)11-13-5-7-14(8-6-13)24-4-2/h5-8,11,21H,3-4,9-10,12H2,1-2H3. The van der Waals surface area contributed by atoms with E-state index in [9.17, 15) is 9.59 Å². The van der Waals surface area contributed by atoms with E-state index in [2.05, 4.69) is 0 Å². The third-order valence-electron chi connectivity index (χ3n) is 3.76. The predicted octanol–water partition coefficient (Wildman–Crippen LogP) is 2.13. The zero-order chi connectivity index (χ0) is 19.1. The van der Waals surface area contributed by atoms with Crippen molar-refractivity contribution in [3.05, 3.63) is 34.7 Å². The first-order chi connectivity index (χ1) is 12.5. The van der Waals surface area contributed by atoms with Crippen molar-refractivity contribution in [3.8, 4) is 5.75 Å². The minimum absolute atomic E-state index is 0.112. The van der Waals surface area contributed by atoms with Crippen LogP contribution < -0.4 is 4.74 Å². The van der Waals surface area contributed by atoms with Crippen molar-refractivity contribution < 1.29 is 19.4 Å². The molecule has 1 aromatic rings. The second-order valence-corrected chi connectivity index (χ2v) is 7.14. The molecule has 0 atom stereocenters. The highest BCUT2D eigenvalue weighted by Crippen LogP contribution is 2.32. The van der Waals surface area contributed by atoms with E-state index in [4.69, 9.17) is 22.1 Å². The first-order valence-corrected chi connectivity index (χ1v) is 9.59. The summed E-state index contributed by atoms with van der Waals surface area (Å²) in [5.41, 5.74) is 0.857. The lowest BCUT2D eigenvalue weighted by atomic mass is 10.2. The average Bonchev–Trinajstić information content (AvgIpc) is 2.89. The SMILES string of the molecule is CCOc1ccc(C=C2SC(=S)N(CC(=O)N(CC)CCO)C2=O)cc1. The lowest BCUT2D eigenvalue weighted by Gasteiger charge is -2.22. The number of thiocarbonyl (C=S) groups is 1. The molecule has 0 spiro atoms. The summed E-state index contributed by atoms with van der Waals surface area (Å²) in [4.78, 5) is 28.2. The van der Waals surface area contributed by atoms with Gasteiger partial charge in [0.15, 0.2) is 0 Å². The molecule has 26 heavy (non-hydrogen) atoms. The van der Waals surface area contributed by atoms with Gasteiger partial charge in [0.2, 0.25) is 5.91 Å². The van der Waals surface area contributed by atoms with Gasteiger partial charge in [0, 0.05) is 13.1 Å². The average molecular weight is 395 g/mol. The lowest BCUT2D eigenvalue weighted by molar-refractivity contribution is -0.135. The van der Waals surface area contributed by atoms with Gasteiger partial charge in [-0.15, -0.1) is 0 Å². The number of ether oxygens (including phenoxy) is 1. The Morgan fingerprint density at radius 3 is 2.62 bits per heavy atom. The van der Waals surface area contributed by atoms with Gasteiger partial charge in [-0.3, -0.25) is 14.5 Å². The van der Waals surface area contributed by atoms with Crippen LogP contribution in [-0.4, -0.2) is 63.9 Å². The molecule has 0 bridgehead atoms. The number of hydrogen-bond acceptors (Lipinski definition) is 6. The van der Waals surface area contributed by atoms with E-state index in [1.807, 2.05) is 38.1 Å². The molecule has 0 saturated carbocycles. The summed E-state index contributed by atoms with van der Waals surface area (Å²) in [6.07, 6.45) is 1.75. The number of carbonyl (C=O) groups excluding carboxylic acids is 2. The number of carbonyl (C=O) groups is 2. The van der Waals surface area contributed by atoms with Gasteiger partial charge in [-0.1, -0.05) is 36.1 Å². The maximum Gasteiger partial charge on any atom is 0.266 e. The highest BCUT2D eigenvalue weighted by atomic mass is 32.2. The molecule has 1 heterocycles. The fraction of sp³-hybridized carbons (Fsp3) is 0.389. The second-order valence-electron chi connectivity index (χ2n) is 5.47. The molecule has 8 heteroatoms. The van der Waals surface area contributed by atoms with Crippen LogP contribution >= 0.6 is 24.0 Å². The Hall–Kier alpha value is -1.90. The molecule has 1 aromatic carbocycles. The molecule has 0 radical (unpaired) electrons. The van der Waals surface area contributed by atoms with E-state index >= 15 is 0 Å². The minimum Gasteiger partial charge on any atom is -0.494 e. The summed E-state index contributed by atoms with van der Waals surface area (Å²) in [5.74, 6) is 0.258. The topological polar surface area (TPSA) is 70.1 Å². The molecule has 1 aliphatic heterocycles. The maximum atomic E-state index is 12.6. The van der Waals surface area contributed by atoms with Crippen molar-refractivity contribution in [1.29, 1.82) is 0 Å². The molecule has 0 aliphatic carbocycles. The molecule has 2 amide bonds. The van der Waals surface area contributed by atoms with Crippen molar-refractivity contribution in [3.63, 3.8) is 0 Å². The lowest BCUT2D eigenvalue weighted by Crippen LogP contribution is -2.43. The molecule has 0 aromatic heterocycles. The van der Waals surface area contributed by atoms with Crippen molar-refractivity contribution in [1.82, 2.24) is 9.80 Å². The van der Waals surface area contributed by atoms with Crippen LogP contribution in [0.15, 0.2) is 29.2 Å². The van der Waals surface area contributed by atoms with Gasteiger partial charge in [-0.25, -0.2) is 0 Å². The van der Waals surface area contributed by atoms with E-state index in [0.29, 0.717) is 22.4 Å². The van der Waals surface area contributed by atoms with Crippen molar-refractivity contribution in [2.75, 3.05) is 32.8 Å². The molecule has 2 rings (SSSR count). The van der Waals surface area contributed by atoms with E-state index in [-0.39, 0.29) is 31.5 Å². The highest BCUT2D eigenvalue weighted by molar-refractivity contribution is 8.26. The number of likely N-dealkylation sites (N-methyl/N-ethyl adjacent to an activating group) is 1. The molecule has 1 saturated heterocycles. The normalized spacial score (nSPS) is 15.7. The highest BCUT2D eigenvalue weighted by Gasteiger charge is 2.34. The van der Waals surface area contributed by atoms with Crippen LogP contribution in [-0.2, 0) is 9.59 Å². The molecule has 0 unspecified atom stereocenters. The minimum atomic E-state index is -0.276. The fourth-order valence-electron chi connectivity index (χ4n) is 2.43. The zero-order valence-corrected chi connectivity index (χ0v) is 16.4. The van der Waals surface area contributed by atoms with Crippen LogP contribution in [0, 0.1) is 0 Å². The third kappa shape index (κ3) is 5.06. The van der Waals surface area contributed by atoms with E-state index in [1.165, 1.54) is 21.6 Å². The summed E-state index contributed by atoms with van der Waals surface area (Å²) in [7, 11) is 0. The fourth-order valence-corrected chi connectivity index (χ4v) is 3.68. The van der Waals surface area contributed by atoms with Gasteiger partial charge >= 0.3 is 0 Å². The second kappa shape index (κ2) is 9.70. The number of hydrogen-bond donors (Lipinski definition) is 1. The molecular formula is C18H22N2O4S2. The van der Waals surface area contributed by atoms with Gasteiger partial charge in [-0.05, 0) is 37.6 Å². The molecule has 1 N–H and O–H groups in total. The largest absolute Gasteiger partial charge is 0.494 e. The van der Waals surface area contributed by atoms with Crippen molar-refractivity contribution in [2.45, 2.75) is 13.8 Å². The number of amides is 2. The Kier molecular flexibility index (Phi) is 7.62. The Balaban J connectivity index is 2.08. The quantitative estimate of drug-likeness (QED) is 0.538. The Bertz CT molecular complexity index is 704. The monoisotopic (exact) mass is 394 g/mol. The van der Waals surface area contributed by atoms with Gasteiger partial charge in [0.25, 0.3) is 5.91 Å². The Morgan fingerprint density at radius 1 is 1.35 bits per heavy atom. The summed E-state index contributed by atoms with van der Waals surface area (Å²) >= 11 is 6.44. The zero-order valence-electron chi connectivity index (χ0n) is 14.8. The number of thioether (sulfide) groups is 1. The number of aliphatic hydroxyl groups excluding tert-OH is 1. The molecular weight excluding hydrogens is 372 g/mol. The number of aliphatic hydroxyl groups is 1.